The summed E-state index contributed by atoms with van der Waals surface area (Å²) in [5, 5.41) is 10.3. The van der Waals surface area contributed by atoms with Crippen LogP contribution in [-0.2, 0) is 6.42 Å². The van der Waals surface area contributed by atoms with Crippen LogP contribution in [0.4, 0.5) is 5.69 Å². The van der Waals surface area contributed by atoms with E-state index in [1.54, 1.807) is 0 Å². The third-order valence-electron chi connectivity index (χ3n) is 5.65. The summed E-state index contributed by atoms with van der Waals surface area (Å²) >= 11 is 0. The summed E-state index contributed by atoms with van der Waals surface area (Å²) in [5.74, 6) is 1.74. The average Bonchev–Trinajstić information content (AvgIpc) is 2.94. The highest BCUT2D eigenvalue weighted by Crippen LogP contribution is 2.42. The van der Waals surface area contributed by atoms with Gasteiger partial charge in [0.05, 0.1) is 6.61 Å². The summed E-state index contributed by atoms with van der Waals surface area (Å²) in [4.78, 5) is 4.59. The minimum Gasteiger partial charge on any atom is -0.492 e. The molecule has 0 radical (unpaired) electrons. The number of aliphatic imine (C=N–C) groups is 1. The Balaban J connectivity index is 1.72. The highest BCUT2D eigenvalue weighted by Gasteiger charge is 2.26. The maximum absolute atomic E-state index is 6.27. The molecule has 28 heavy (non-hydrogen) atoms. The molecule has 4 rings (SSSR count). The summed E-state index contributed by atoms with van der Waals surface area (Å²) in [6.45, 7) is 9.95. The number of allylic oxidation sites excluding steroid dienone is 2. The highest BCUT2D eigenvalue weighted by molar-refractivity contribution is 5.97. The number of ether oxygens (including phenoxy) is 1. The van der Waals surface area contributed by atoms with Crippen molar-refractivity contribution in [1.82, 2.24) is 10.6 Å². The molecule has 2 atom stereocenters. The molecule has 0 amide bonds. The van der Waals surface area contributed by atoms with E-state index in [0.717, 1.165) is 49.5 Å². The normalized spacial score (nSPS) is 26.9. The number of nitrogens with one attached hydrogen (secondary N) is 3. The number of rotatable bonds is 2. The second kappa shape index (κ2) is 7.26. The van der Waals surface area contributed by atoms with E-state index in [2.05, 4.69) is 46.9 Å². The van der Waals surface area contributed by atoms with Crippen molar-refractivity contribution >= 4 is 17.2 Å². The van der Waals surface area contributed by atoms with Crippen molar-refractivity contribution in [3.63, 3.8) is 0 Å². The number of benzene rings is 1. The van der Waals surface area contributed by atoms with Gasteiger partial charge in [0, 0.05) is 41.5 Å². The van der Waals surface area contributed by atoms with Gasteiger partial charge in [0.15, 0.2) is 0 Å². The Bertz CT molecular complexity index is 881. The summed E-state index contributed by atoms with van der Waals surface area (Å²) in [6.07, 6.45) is 7.36. The van der Waals surface area contributed by atoms with E-state index in [-0.39, 0.29) is 0 Å². The van der Waals surface area contributed by atoms with Crippen LogP contribution in [0.15, 0.2) is 28.9 Å². The zero-order valence-electron chi connectivity index (χ0n) is 17.3. The largest absolute Gasteiger partial charge is 0.492 e. The van der Waals surface area contributed by atoms with E-state index >= 15 is 0 Å². The van der Waals surface area contributed by atoms with Gasteiger partial charge in [0.25, 0.3) is 0 Å². The monoisotopic (exact) mass is 381 g/mol. The van der Waals surface area contributed by atoms with Crippen molar-refractivity contribution in [1.29, 1.82) is 0 Å². The second-order valence-corrected chi connectivity index (χ2v) is 8.37. The van der Waals surface area contributed by atoms with Gasteiger partial charge in [0.1, 0.15) is 11.4 Å². The first-order chi connectivity index (χ1) is 13.3. The Morgan fingerprint density at radius 2 is 2.14 bits per heavy atom. The average molecular weight is 382 g/mol. The van der Waals surface area contributed by atoms with E-state index in [0.29, 0.717) is 12.0 Å². The second-order valence-electron chi connectivity index (χ2n) is 8.37. The van der Waals surface area contributed by atoms with Gasteiger partial charge < -0.3 is 26.4 Å². The molecule has 0 saturated carbocycles. The van der Waals surface area contributed by atoms with Crippen molar-refractivity contribution in [2.24, 2.45) is 10.7 Å². The topological polar surface area (TPSA) is 83.7 Å². The van der Waals surface area contributed by atoms with Crippen LogP contribution in [0.5, 0.6) is 5.75 Å². The van der Waals surface area contributed by atoms with Crippen LogP contribution in [0.25, 0.3) is 5.57 Å². The van der Waals surface area contributed by atoms with E-state index in [1.807, 2.05) is 19.9 Å². The summed E-state index contributed by atoms with van der Waals surface area (Å²) in [6, 6.07) is 2.73. The molecule has 0 fully saturated rings. The molecule has 0 bridgehead atoms. The minimum atomic E-state index is -0.615. The predicted molar refractivity (Wildman–Crippen MR) is 116 cm³/mol. The maximum atomic E-state index is 6.27. The number of hydrogen-bond donors (Lipinski definition) is 4. The predicted octanol–water partition coefficient (Wildman–Crippen LogP) is 3.04. The van der Waals surface area contributed by atoms with Crippen LogP contribution >= 0.6 is 0 Å². The van der Waals surface area contributed by atoms with Gasteiger partial charge in [-0.15, -0.1) is 0 Å². The molecular formula is C22H31N5O. The number of nitrogens with two attached hydrogens (primary N) is 1. The van der Waals surface area contributed by atoms with Crippen LogP contribution in [0, 0.1) is 6.92 Å². The smallest absolute Gasteiger partial charge is 0.202 e. The molecule has 0 spiro atoms. The molecular weight excluding hydrogens is 350 g/mol. The third-order valence-corrected chi connectivity index (χ3v) is 5.65. The van der Waals surface area contributed by atoms with Gasteiger partial charge in [0.2, 0.25) is 5.96 Å². The Labute approximate surface area is 167 Å². The first kappa shape index (κ1) is 19.0. The molecule has 1 aromatic carbocycles. The van der Waals surface area contributed by atoms with Crippen LogP contribution < -0.4 is 26.4 Å². The van der Waals surface area contributed by atoms with Crippen molar-refractivity contribution in [3.8, 4) is 5.75 Å². The van der Waals surface area contributed by atoms with Crippen molar-refractivity contribution in [3.05, 3.63) is 40.6 Å². The molecule has 0 saturated heterocycles. The SMILES string of the molecule is CC1=CC(C)(N)NC(Nc2cc3c(c(C4=CCN[C@@H](C)CC4)c2C)OCC3)=N1. The van der Waals surface area contributed by atoms with Crippen LogP contribution in [0.1, 0.15) is 50.3 Å². The number of guanidine groups is 1. The summed E-state index contributed by atoms with van der Waals surface area (Å²) < 4.78 is 6.06. The molecule has 3 aliphatic rings. The molecule has 0 aliphatic carbocycles. The number of fused-ring (bicyclic) bond motifs is 1. The zero-order valence-corrected chi connectivity index (χ0v) is 17.3. The van der Waals surface area contributed by atoms with Gasteiger partial charge in [-0.25, -0.2) is 4.99 Å². The lowest BCUT2D eigenvalue weighted by Crippen LogP contribution is -2.55. The fourth-order valence-electron chi connectivity index (χ4n) is 4.28. The molecule has 5 N–H and O–H groups in total. The number of anilines is 1. The fourth-order valence-corrected chi connectivity index (χ4v) is 4.28. The van der Waals surface area contributed by atoms with E-state index in [4.69, 9.17) is 10.5 Å². The third kappa shape index (κ3) is 3.80. The number of hydrogen-bond acceptors (Lipinski definition) is 6. The molecule has 6 nitrogen and oxygen atoms in total. The highest BCUT2D eigenvalue weighted by atomic mass is 16.5. The van der Waals surface area contributed by atoms with Crippen LogP contribution in [0.2, 0.25) is 0 Å². The van der Waals surface area contributed by atoms with Gasteiger partial charge in [-0.1, -0.05) is 6.08 Å². The molecule has 1 aromatic rings. The standard InChI is InChI=1S/C22H31N5O/c1-13-5-6-16(7-9-24-13)19-15(3)18(11-17-8-10-28-20(17)19)26-21-25-14(2)12-22(4,23)27-21/h7,11-13,24H,5-6,8-10,23H2,1-4H3,(H2,25,26,27)/t13-,22?/m0/s1. The Kier molecular flexibility index (Phi) is 4.93. The molecule has 6 heteroatoms. The summed E-state index contributed by atoms with van der Waals surface area (Å²) in [5.41, 5.74) is 12.7. The van der Waals surface area contributed by atoms with Gasteiger partial charge in [-0.3, -0.25) is 0 Å². The fraction of sp³-hybridized carbons (Fsp3) is 0.500. The molecule has 3 heterocycles. The summed E-state index contributed by atoms with van der Waals surface area (Å²) in [7, 11) is 0. The Morgan fingerprint density at radius 1 is 1.32 bits per heavy atom. The molecule has 150 valence electrons. The lowest BCUT2D eigenvalue weighted by Gasteiger charge is -2.29. The first-order valence-corrected chi connectivity index (χ1v) is 10.2. The molecule has 3 aliphatic heterocycles. The van der Waals surface area contributed by atoms with Crippen molar-refractivity contribution < 1.29 is 4.74 Å². The van der Waals surface area contributed by atoms with Crippen LogP contribution in [0.3, 0.4) is 0 Å². The molecule has 0 aromatic heterocycles. The van der Waals surface area contributed by atoms with E-state index < -0.39 is 5.66 Å². The first-order valence-electron chi connectivity index (χ1n) is 10.2. The van der Waals surface area contributed by atoms with E-state index in [9.17, 15) is 0 Å². The van der Waals surface area contributed by atoms with Gasteiger partial charge >= 0.3 is 0 Å². The van der Waals surface area contributed by atoms with Crippen molar-refractivity contribution in [2.45, 2.75) is 58.7 Å². The number of nitrogens with zero attached hydrogens (tertiary/aromatic N) is 1. The minimum absolute atomic E-state index is 0.530. The zero-order chi connectivity index (χ0) is 19.9. The van der Waals surface area contributed by atoms with Crippen molar-refractivity contribution in [2.75, 3.05) is 18.5 Å². The lowest BCUT2D eigenvalue weighted by molar-refractivity contribution is 0.355. The maximum Gasteiger partial charge on any atom is 0.202 e. The Morgan fingerprint density at radius 3 is 2.93 bits per heavy atom. The van der Waals surface area contributed by atoms with Gasteiger partial charge in [-0.2, -0.15) is 0 Å². The lowest BCUT2D eigenvalue weighted by atomic mass is 9.91. The van der Waals surface area contributed by atoms with E-state index in [1.165, 1.54) is 22.3 Å². The van der Waals surface area contributed by atoms with Crippen LogP contribution in [-0.4, -0.2) is 30.8 Å². The van der Waals surface area contributed by atoms with Gasteiger partial charge in [-0.05, 0) is 63.8 Å². The Hall–Kier alpha value is -2.31. The quantitative estimate of drug-likeness (QED) is 0.633. The molecule has 1 unspecified atom stereocenters.